The van der Waals surface area contributed by atoms with E-state index in [1.165, 1.54) is 0 Å². The Morgan fingerprint density at radius 3 is 2.87 bits per heavy atom. The Labute approximate surface area is 89.0 Å². The lowest BCUT2D eigenvalue weighted by Gasteiger charge is -2.16. The third-order valence-electron chi connectivity index (χ3n) is 2.43. The summed E-state index contributed by atoms with van der Waals surface area (Å²) in [5.74, 6) is 0.255. The third kappa shape index (κ3) is 3.06. The Morgan fingerprint density at radius 1 is 1.73 bits per heavy atom. The van der Waals surface area contributed by atoms with Gasteiger partial charge >= 0.3 is 0 Å². The molecule has 1 heterocycles. The van der Waals surface area contributed by atoms with E-state index in [-0.39, 0.29) is 11.8 Å². The van der Waals surface area contributed by atoms with Gasteiger partial charge in [0.2, 0.25) is 11.8 Å². The van der Waals surface area contributed by atoms with Gasteiger partial charge in [-0.15, -0.1) is 0 Å². The van der Waals surface area contributed by atoms with Crippen molar-refractivity contribution in [2.24, 2.45) is 11.7 Å². The number of rotatable bonds is 4. The number of aromatic nitrogens is 1. The Bertz CT molecular complexity index is 335. The molecule has 0 unspecified atom stereocenters. The number of hydrogen-bond donors (Lipinski definition) is 2. The van der Waals surface area contributed by atoms with Crippen molar-refractivity contribution in [3.8, 4) is 0 Å². The predicted molar refractivity (Wildman–Crippen MR) is 57.3 cm³/mol. The molecule has 0 saturated heterocycles. The summed E-state index contributed by atoms with van der Waals surface area (Å²) in [5.41, 5.74) is 6.48. The van der Waals surface area contributed by atoms with E-state index in [0.717, 1.165) is 12.1 Å². The maximum atomic E-state index is 11.6. The summed E-state index contributed by atoms with van der Waals surface area (Å²) in [7, 11) is 0. The van der Waals surface area contributed by atoms with Crippen molar-refractivity contribution in [2.45, 2.75) is 33.2 Å². The van der Waals surface area contributed by atoms with Crippen molar-refractivity contribution in [3.63, 3.8) is 0 Å². The van der Waals surface area contributed by atoms with Gasteiger partial charge in [-0.1, -0.05) is 25.4 Å². The van der Waals surface area contributed by atoms with Gasteiger partial charge in [0.1, 0.15) is 0 Å². The van der Waals surface area contributed by atoms with Crippen LogP contribution in [0.25, 0.3) is 0 Å². The molecule has 1 amide bonds. The SMILES string of the molecule is CC[C@H](C)[C@H](N)C(=O)Nc1cc(C)no1. The number of nitrogens with zero attached hydrogens (tertiary/aromatic N) is 1. The Hall–Kier alpha value is -1.36. The number of aryl methyl sites for hydroxylation is 1. The van der Waals surface area contributed by atoms with Crippen molar-refractivity contribution in [3.05, 3.63) is 11.8 Å². The van der Waals surface area contributed by atoms with E-state index in [4.69, 9.17) is 10.3 Å². The molecule has 1 aromatic heterocycles. The predicted octanol–water partition coefficient (Wildman–Crippen LogP) is 1.29. The topological polar surface area (TPSA) is 81.2 Å². The molecule has 0 radical (unpaired) electrons. The smallest absolute Gasteiger partial charge is 0.243 e. The van der Waals surface area contributed by atoms with E-state index in [1.807, 2.05) is 13.8 Å². The molecular formula is C10H17N3O2. The monoisotopic (exact) mass is 211 g/mol. The van der Waals surface area contributed by atoms with Crippen molar-refractivity contribution in [2.75, 3.05) is 5.32 Å². The molecule has 5 nitrogen and oxygen atoms in total. The second kappa shape index (κ2) is 4.93. The molecular weight excluding hydrogens is 194 g/mol. The van der Waals surface area contributed by atoms with E-state index in [9.17, 15) is 4.79 Å². The van der Waals surface area contributed by atoms with E-state index in [0.29, 0.717) is 5.88 Å². The average molecular weight is 211 g/mol. The van der Waals surface area contributed by atoms with E-state index < -0.39 is 6.04 Å². The standard InChI is InChI=1S/C10H17N3O2/c1-4-6(2)9(11)10(14)12-8-5-7(3)13-15-8/h5-6,9H,4,11H2,1-3H3,(H,12,14)/t6-,9-/m0/s1. The van der Waals surface area contributed by atoms with Gasteiger partial charge in [0, 0.05) is 6.07 Å². The highest BCUT2D eigenvalue weighted by molar-refractivity contribution is 5.93. The van der Waals surface area contributed by atoms with E-state index in [2.05, 4.69) is 10.5 Å². The summed E-state index contributed by atoms with van der Waals surface area (Å²) in [6.07, 6.45) is 0.865. The molecule has 3 N–H and O–H groups in total. The van der Waals surface area contributed by atoms with Crippen LogP contribution in [0.2, 0.25) is 0 Å². The van der Waals surface area contributed by atoms with Crippen LogP contribution in [-0.4, -0.2) is 17.1 Å². The van der Waals surface area contributed by atoms with Crippen molar-refractivity contribution in [1.29, 1.82) is 0 Å². The highest BCUT2D eigenvalue weighted by Gasteiger charge is 2.20. The van der Waals surface area contributed by atoms with Gasteiger partial charge in [-0.05, 0) is 12.8 Å². The van der Waals surface area contributed by atoms with Gasteiger partial charge < -0.3 is 10.3 Å². The lowest BCUT2D eigenvalue weighted by molar-refractivity contribution is -0.118. The molecule has 15 heavy (non-hydrogen) atoms. The molecule has 84 valence electrons. The minimum Gasteiger partial charge on any atom is -0.338 e. The Balaban J connectivity index is 2.55. The maximum absolute atomic E-state index is 11.6. The number of nitrogens with two attached hydrogens (primary N) is 1. The summed E-state index contributed by atoms with van der Waals surface area (Å²) in [5, 5.41) is 6.25. The zero-order valence-corrected chi connectivity index (χ0v) is 9.28. The minimum atomic E-state index is -0.514. The molecule has 1 rings (SSSR count). The number of carbonyl (C=O) groups is 1. The molecule has 0 aromatic carbocycles. The molecule has 5 heteroatoms. The zero-order chi connectivity index (χ0) is 11.4. The first kappa shape index (κ1) is 11.7. The molecule has 0 saturated carbocycles. The van der Waals surface area contributed by atoms with Crippen LogP contribution in [-0.2, 0) is 4.79 Å². The fraction of sp³-hybridized carbons (Fsp3) is 0.600. The quantitative estimate of drug-likeness (QED) is 0.786. The molecule has 2 atom stereocenters. The fourth-order valence-electron chi connectivity index (χ4n) is 1.14. The summed E-state index contributed by atoms with van der Waals surface area (Å²) in [6, 6.07) is 1.14. The lowest BCUT2D eigenvalue weighted by Crippen LogP contribution is -2.40. The summed E-state index contributed by atoms with van der Waals surface area (Å²) in [4.78, 5) is 11.6. The number of carbonyl (C=O) groups excluding carboxylic acids is 1. The van der Waals surface area contributed by atoms with Crippen LogP contribution in [0.15, 0.2) is 10.6 Å². The fourth-order valence-corrected chi connectivity index (χ4v) is 1.14. The van der Waals surface area contributed by atoms with Gasteiger partial charge in [0.05, 0.1) is 11.7 Å². The van der Waals surface area contributed by atoms with Gasteiger partial charge in [-0.2, -0.15) is 0 Å². The highest BCUT2D eigenvalue weighted by atomic mass is 16.5. The summed E-state index contributed by atoms with van der Waals surface area (Å²) in [6.45, 7) is 5.72. The second-order valence-corrected chi connectivity index (χ2v) is 3.73. The first-order valence-corrected chi connectivity index (χ1v) is 5.04. The molecule has 0 spiro atoms. The zero-order valence-electron chi connectivity index (χ0n) is 9.28. The second-order valence-electron chi connectivity index (χ2n) is 3.73. The lowest BCUT2D eigenvalue weighted by atomic mass is 9.99. The van der Waals surface area contributed by atoms with Crippen LogP contribution in [0.5, 0.6) is 0 Å². The largest absolute Gasteiger partial charge is 0.338 e. The first-order valence-electron chi connectivity index (χ1n) is 5.04. The van der Waals surface area contributed by atoms with Crippen molar-refractivity contribution in [1.82, 2.24) is 5.16 Å². The van der Waals surface area contributed by atoms with E-state index in [1.54, 1.807) is 13.0 Å². The number of hydrogen-bond acceptors (Lipinski definition) is 4. The molecule has 0 fully saturated rings. The normalized spacial score (nSPS) is 14.7. The molecule has 0 aliphatic heterocycles. The van der Waals surface area contributed by atoms with Gasteiger partial charge in [-0.25, -0.2) is 0 Å². The molecule has 0 bridgehead atoms. The first-order chi connectivity index (χ1) is 7.04. The van der Waals surface area contributed by atoms with Crippen LogP contribution in [0, 0.1) is 12.8 Å². The molecule has 1 aromatic rings. The van der Waals surface area contributed by atoms with Crippen molar-refractivity contribution < 1.29 is 9.32 Å². The van der Waals surface area contributed by atoms with Crippen molar-refractivity contribution >= 4 is 11.8 Å². The number of amides is 1. The Morgan fingerprint density at radius 2 is 2.40 bits per heavy atom. The summed E-state index contributed by atoms with van der Waals surface area (Å²) >= 11 is 0. The molecule has 0 aliphatic carbocycles. The van der Waals surface area contributed by atoms with Gasteiger partial charge in [0.15, 0.2) is 0 Å². The molecule has 0 aliphatic rings. The van der Waals surface area contributed by atoms with E-state index >= 15 is 0 Å². The van der Waals surface area contributed by atoms with Gasteiger partial charge in [0.25, 0.3) is 0 Å². The minimum absolute atomic E-state index is 0.147. The van der Waals surface area contributed by atoms with Crippen LogP contribution in [0.3, 0.4) is 0 Å². The third-order valence-corrected chi connectivity index (χ3v) is 2.43. The van der Waals surface area contributed by atoms with Crippen LogP contribution >= 0.6 is 0 Å². The Kier molecular flexibility index (Phi) is 3.85. The van der Waals surface area contributed by atoms with Crippen LogP contribution in [0.4, 0.5) is 5.88 Å². The number of nitrogens with one attached hydrogen (secondary N) is 1. The summed E-state index contributed by atoms with van der Waals surface area (Å²) < 4.78 is 4.86. The highest BCUT2D eigenvalue weighted by Crippen LogP contribution is 2.11. The van der Waals surface area contributed by atoms with Gasteiger partial charge in [-0.3, -0.25) is 10.1 Å². The maximum Gasteiger partial charge on any atom is 0.243 e. The van der Waals surface area contributed by atoms with Crippen LogP contribution in [0.1, 0.15) is 26.0 Å². The van der Waals surface area contributed by atoms with Crippen LogP contribution < -0.4 is 11.1 Å². The average Bonchev–Trinajstić information content (AvgIpc) is 2.61. The number of anilines is 1.